The van der Waals surface area contributed by atoms with Crippen molar-refractivity contribution in [3.05, 3.63) is 29.6 Å². The van der Waals surface area contributed by atoms with E-state index in [0.717, 1.165) is 18.7 Å². The number of nitrogen functional groups attached to an aromatic ring is 1. The van der Waals surface area contributed by atoms with E-state index in [4.69, 9.17) is 5.73 Å². The Morgan fingerprint density at radius 2 is 2.24 bits per heavy atom. The standard InChI is InChI=1S/C14H21FN2/c1-2-12-5-3-4-8-17(12)10-11-6-7-14(16)13(15)9-11/h6-7,9,12H,2-5,8,10,16H2,1H3. The fourth-order valence-corrected chi connectivity index (χ4v) is 2.63. The summed E-state index contributed by atoms with van der Waals surface area (Å²) in [4.78, 5) is 2.47. The van der Waals surface area contributed by atoms with Crippen molar-refractivity contribution in [1.82, 2.24) is 4.90 Å². The summed E-state index contributed by atoms with van der Waals surface area (Å²) in [6, 6.07) is 5.82. The second-order valence-corrected chi connectivity index (χ2v) is 4.88. The molecule has 1 aromatic rings. The Labute approximate surface area is 103 Å². The van der Waals surface area contributed by atoms with E-state index >= 15 is 0 Å². The lowest BCUT2D eigenvalue weighted by Gasteiger charge is -2.35. The van der Waals surface area contributed by atoms with Gasteiger partial charge in [-0.15, -0.1) is 0 Å². The minimum absolute atomic E-state index is 0.236. The second kappa shape index (κ2) is 5.50. The number of hydrogen-bond acceptors (Lipinski definition) is 2. The van der Waals surface area contributed by atoms with Crippen LogP contribution in [-0.2, 0) is 6.54 Å². The van der Waals surface area contributed by atoms with Gasteiger partial charge in [0.05, 0.1) is 5.69 Å². The SMILES string of the molecule is CCC1CCCCN1Cc1ccc(N)c(F)c1. The van der Waals surface area contributed by atoms with Crippen molar-refractivity contribution in [2.75, 3.05) is 12.3 Å². The van der Waals surface area contributed by atoms with E-state index in [0.29, 0.717) is 6.04 Å². The van der Waals surface area contributed by atoms with Crippen molar-refractivity contribution in [1.29, 1.82) is 0 Å². The van der Waals surface area contributed by atoms with E-state index in [-0.39, 0.29) is 11.5 Å². The van der Waals surface area contributed by atoms with E-state index in [1.54, 1.807) is 12.1 Å². The molecule has 1 saturated heterocycles. The number of piperidine rings is 1. The molecule has 0 spiro atoms. The summed E-state index contributed by atoms with van der Waals surface area (Å²) in [5.74, 6) is -0.299. The average Bonchev–Trinajstić information content (AvgIpc) is 2.34. The van der Waals surface area contributed by atoms with Crippen LogP contribution in [0.25, 0.3) is 0 Å². The van der Waals surface area contributed by atoms with Gasteiger partial charge in [-0.1, -0.05) is 19.4 Å². The molecule has 0 bridgehead atoms. The predicted octanol–water partition coefficient (Wildman–Crippen LogP) is 3.17. The molecule has 3 heteroatoms. The van der Waals surface area contributed by atoms with Crippen molar-refractivity contribution >= 4 is 5.69 Å². The maximum Gasteiger partial charge on any atom is 0.146 e. The van der Waals surface area contributed by atoms with Crippen molar-refractivity contribution in [3.8, 4) is 0 Å². The molecule has 17 heavy (non-hydrogen) atoms. The van der Waals surface area contributed by atoms with Gasteiger partial charge >= 0.3 is 0 Å². The summed E-state index contributed by atoms with van der Waals surface area (Å²) in [7, 11) is 0. The molecule has 1 heterocycles. The van der Waals surface area contributed by atoms with E-state index in [1.165, 1.54) is 25.7 Å². The number of rotatable bonds is 3. The first-order chi connectivity index (χ1) is 8.20. The quantitative estimate of drug-likeness (QED) is 0.817. The number of nitrogens with two attached hydrogens (primary N) is 1. The lowest BCUT2D eigenvalue weighted by Crippen LogP contribution is -2.38. The molecule has 0 radical (unpaired) electrons. The predicted molar refractivity (Wildman–Crippen MR) is 69.2 cm³/mol. The molecule has 1 fully saturated rings. The van der Waals surface area contributed by atoms with Gasteiger partial charge in [-0.05, 0) is 43.5 Å². The Hall–Kier alpha value is -1.09. The first-order valence-electron chi connectivity index (χ1n) is 6.48. The van der Waals surface area contributed by atoms with Gasteiger partial charge in [0.25, 0.3) is 0 Å². The fourth-order valence-electron chi connectivity index (χ4n) is 2.63. The molecule has 0 amide bonds. The lowest BCUT2D eigenvalue weighted by molar-refractivity contribution is 0.136. The zero-order valence-electron chi connectivity index (χ0n) is 10.5. The molecule has 94 valence electrons. The van der Waals surface area contributed by atoms with Crippen molar-refractivity contribution in [2.24, 2.45) is 0 Å². The van der Waals surface area contributed by atoms with Crippen LogP contribution in [0.1, 0.15) is 38.2 Å². The topological polar surface area (TPSA) is 29.3 Å². The number of nitrogens with zero attached hydrogens (tertiary/aromatic N) is 1. The minimum Gasteiger partial charge on any atom is -0.396 e. The van der Waals surface area contributed by atoms with E-state index < -0.39 is 0 Å². The van der Waals surface area contributed by atoms with Gasteiger partial charge in [0.2, 0.25) is 0 Å². The summed E-state index contributed by atoms with van der Waals surface area (Å²) in [5, 5.41) is 0. The van der Waals surface area contributed by atoms with Crippen LogP contribution < -0.4 is 5.73 Å². The van der Waals surface area contributed by atoms with Crippen molar-refractivity contribution in [3.63, 3.8) is 0 Å². The monoisotopic (exact) mass is 236 g/mol. The third-order valence-corrected chi connectivity index (χ3v) is 3.67. The van der Waals surface area contributed by atoms with Gasteiger partial charge in [0.15, 0.2) is 0 Å². The van der Waals surface area contributed by atoms with Gasteiger partial charge in [-0.2, -0.15) is 0 Å². The molecule has 2 N–H and O–H groups in total. The maximum absolute atomic E-state index is 13.4. The number of anilines is 1. The molecule has 1 aromatic carbocycles. The zero-order valence-corrected chi connectivity index (χ0v) is 10.5. The van der Waals surface area contributed by atoms with Crippen LogP contribution >= 0.6 is 0 Å². The highest BCUT2D eigenvalue weighted by Gasteiger charge is 2.20. The van der Waals surface area contributed by atoms with Crippen molar-refractivity contribution < 1.29 is 4.39 Å². The van der Waals surface area contributed by atoms with Crippen LogP contribution in [0.15, 0.2) is 18.2 Å². The van der Waals surface area contributed by atoms with Crippen LogP contribution in [0.3, 0.4) is 0 Å². The average molecular weight is 236 g/mol. The van der Waals surface area contributed by atoms with Crippen molar-refractivity contribution in [2.45, 2.75) is 45.2 Å². The zero-order chi connectivity index (χ0) is 12.3. The van der Waals surface area contributed by atoms with E-state index in [2.05, 4.69) is 11.8 Å². The molecule has 0 saturated carbocycles. The minimum atomic E-state index is -0.299. The van der Waals surface area contributed by atoms with E-state index in [9.17, 15) is 4.39 Å². The summed E-state index contributed by atoms with van der Waals surface area (Å²) >= 11 is 0. The third-order valence-electron chi connectivity index (χ3n) is 3.67. The molecule has 0 aromatic heterocycles. The Bertz CT molecular complexity index is 378. The Balaban J connectivity index is 2.05. The van der Waals surface area contributed by atoms with Gasteiger partial charge in [0.1, 0.15) is 5.82 Å². The second-order valence-electron chi connectivity index (χ2n) is 4.88. The Morgan fingerprint density at radius 1 is 1.41 bits per heavy atom. The number of halogens is 1. The van der Waals surface area contributed by atoms with Crippen LogP contribution in [0.2, 0.25) is 0 Å². The normalized spacial score (nSPS) is 21.6. The largest absolute Gasteiger partial charge is 0.396 e. The highest BCUT2D eigenvalue weighted by Crippen LogP contribution is 2.22. The molecule has 1 unspecified atom stereocenters. The smallest absolute Gasteiger partial charge is 0.146 e. The van der Waals surface area contributed by atoms with Gasteiger partial charge in [0, 0.05) is 12.6 Å². The highest BCUT2D eigenvalue weighted by molar-refractivity contribution is 5.41. The summed E-state index contributed by atoms with van der Waals surface area (Å²) in [6.45, 7) is 4.20. The molecule has 1 aliphatic heterocycles. The molecular formula is C14H21FN2. The molecule has 1 aliphatic rings. The van der Waals surface area contributed by atoms with Crippen LogP contribution in [0.4, 0.5) is 10.1 Å². The highest BCUT2D eigenvalue weighted by atomic mass is 19.1. The van der Waals surface area contributed by atoms with Crippen LogP contribution in [0, 0.1) is 5.82 Å². The molecule has 1 atom stereocenters. The van der Waals surface area contributed by atoms with Crippen LogP contribution in [0.5, 0.6) is 0 Å². The molecule has 2 rings (SSSR count). The third kappa shape index (κ3) is 2.97. The number of hydrogen-bond donors (Lipinski definition) is 1. The first kappa shape index (κ1) is 12.4. The molecule has 0 aliphatic carbocycles. The summed E-state index contributed by atoms with van der Waals surface area (Å²) in [6.07, 6.45) is 5.03. The Kier molecular flexibility index (Phi) is 4.00. The molecule has 2 nitrogen and oxygen atoms in total. The first-order valence-corrected chi connectivity index (χ1v) is 6.48. The summed E-state index contributed by atoms with van der Waals surface area (Å²) in [5.41, 5.74) is 6.75. The van der Waals surface area contributed by atoms with E-state index in [1.807, 2.05) is 6.07 Å². The lowest BCUT2D eigenvalue weighted by atomic mass is 9.99. The maximum atomic E-state index is 13.4. The number of likely N-dealkylation sites (tertiary alicyclic amines) is 1. The van der Waals surface area contributed by atoms with Gasteiger partial charge in [-0.3, -0.25) is 4.90 Å². The number of benzene rings is 1. The van der Waals surface area contributed by atoms with Gasteiger partial charge in [-0.25, -0.2) is 4.39 Å². The molecular weight excluding hydrogens is 215 g/mol. The Morgan fingerprint density at radius 3 is 2.94 bits per heavy atom. The summed E-state index contributed by atoms with van der Waals surface area (Å²) < 4.78 is 13.4. The fraction of sp³-hybridized carbons (Fsp3) is 0.571. The van der Waals surface area contributed by atoms with Gasteiger partial charge < -0.3 is 5.73 Å². The van der Waals surface area contributed by atoms with Crippen LogP contribution in [-0.4, -0.2) is 17.5 Å².